The minimum atomic E-state index is 0.107. The Labute approximate surface area is 102 Å². The molecule has 2 heterocycles. The Bertz CT molecular complexity index is 386. The summed E-state index contributed by atoms with van der Waals surface area (Å²) in [5.41, 5.74) is 1.62. The smallest absolute Gasteiger partial charge is 0.255 e. The second-order valence-electron chi connectivity index (χ2n) is 4.39. The zero-order valence-electron chi connectivity index (χ0n) is 10.3. The van der Waals surface area contributed by atoms with Gasteiger partial charge in [0.25, 0.3) is 5.91 Å². The third-order valence-electron chi connectivity index (χ3n) is 2.96. The first-order valence-electron chi connectivity index (χ1n) is 6.29. The van der Waals surface area contributed by atoms with Crippen LogP contribution < -0.4 is 5.32 Å². The Morgan fingerprint density at radius 1 is 1.41 bits per heavy atom. The van der Waals surface area contributed by atoms with Crippen molar-refractivity contribution >= 4 is 11.6 Å². The van der Waals surface area contributed by atoms with E-state index in [-0.39, 0.29) is 5.91 Å². The van der Waals surface area contributed by atoms with Gasteiger partial charge in [0, 0.05) is 32.0 Å². The van der Waals surface area contributed by atoms with Crippen LogP contribution in [0.25, 0.3) is 0 Å². The lowest BCUT2D eigenvalue weighted by molar-refractivity contribution is 0.0792. The third kappa shape index (κ3) is 2.96. The fourth-order valence-corrected chi connectivity index (χ4v) is 2.03. The summed E-state index contributed by atoms with van der Waals surface area (Å²) in [6, 6.07) is 1.89. The molecule has 1 amide bonds. The van der Waals surface area contributed by atoms with Crippen molar-refractivity contribution in [2.75, 3.05) is 25.0 Å². The highest BCUT2D eigenvalue weighted by molar-refractivity contribution is 5.94. The molecule has 0 spiro atoms. The van der Waals surface area contributed by atoms with Crippen LogP contribution in [-0.2, 0) is 0 Å². The predicted molar refractivity (Wildman–Crippen MR) is 68.2 cm³/mol. The average Bonchev–Trinajstić information content (AvgIpc) is 2.89. The van der Waals surface area contributed by atoms with Crippen LogP contribution in [0.2, 0.25) is 0 Å². The van der Waals surface area contributed by atoms with Crippen molar-refractivity contribution in [3.63, 3.8) is 0 Å². The van der Waals surface area contributed by atoms with Gasteiger partial charge in [0.15, 0.2) is 0 Å². The first-order valence-corrected chi connectivity index (χ1v) is 6.29. The molecule has 0 unspecified atom stereocenters. The molecule has 0 atom stereocenters. The zero-order valence-corrected chi connectivity index (χ0v) is 10.3. The van der Waals surface area contributed by atoms with Gasteiger partial charge in [-0.15, -0.1) is 0 Å². The lowest BCUT2D eigenvalue weighted by atomic mass is 10.2. The number of rotatable bonds is 4. The van der Waals surface area contributed by atoms with Gasteiger partial charge < -0.3 is 10.2 Å². The van der Waals surface area contributed by atoms with E-state index in [2.05, 4.69) is 17.2 Å². The van der Waals surface area contributed by atoms with Crippen LogP contribution >= 0.6 is 0 Å². The molecule has 92 valence electrons. The fourth-order valence-electron chi connectivity index (χ4n) is 2.03. The molecule has 2 rings (SSSR count). The van der Waals surface area contributed by atoms with Gasteiger partial charge in [-0.25, -0.2) is 0 Å². The van der Waals surface area contributed by atoms with Crippen LogP contribution in [0.4, 0.5) is 5.69 Å². The van der Waals surface area contributed by atoms with Crippen molar-refractivity contribution in [3.05, 3.63) is 24.0 Å². The minimum absolute atomic E-state index is 0.107. The topological polar surface area (TPSA) is 45.2 Å². The summed E-state index contributed by atoms with van der Waals surface area (Å²) < 4.78 is 0. The summed E-state index contributed by atoms with van der Waals surface area (Å²) in [5.74, 6) is 0.107. The molecule has 0 radical (unpaired) electrons. The highest BCUT2D eigenvalue weighted by Crippen LogP contribution is 2.15. The van der Waals surface area contributed by atoms with Crippen LogP contribution in [0.3, 0.4) is 0 Å². The first kappa shape index (κ1) is 11.9. The molecular formula is C13H19N3O. The summed E-state index contributed by atoms with van der Waals surface area (Å²) in [7, 11) is 0. The van der Waals surface area contributed by atoms with E-state index in [0.717, 1.165) is 44.6 Å². The number of amides is 1. The number of nitrogens with zero attached hydrogens (tertiary/aromatic N) is 2. The molecule has 0 aromatic carbocycles. The summed E-state index contributed by atoms with van der Waals surface area (Å²) in [6.07, 6.45) is 6.71. The maximum absolute atomic E-state index is 12.1. The Morgan fingerprint density at radius 3 is 2.88 bits per heavy atom. The van der Waals surface area contributed by atoms with Gasteiger partial charge in [0.2, 0.25) is 0 Å². The monoisotopic (exact) mass is 233 g/mol. The number of anilines is 1. The van der Waals surface area contributed by atoms with Crippen LogP contribution in [0.1, 0.15) is 36.5 Å². The van der Waals surface area contributed by atoms with E-state index in [0.29, 0.717) is 5.56 Å². The van der Waals surface area contributed by atoms with Gasteiger partial charge in [0.1, 0.15) is 0 Å². The maximum atomic E-state index is 12.1. The van der Waals surface area contributed by atoms with Crippen molar-refractivity contribution in [3.8, 4) is 0 Å². The lowest BCUT2D eigenvalue weighted by Crippen LogP contribution is -2.27. The van der Waals surface area contributed by atoms with E-state index >= 15 is 0 Å². The van der Waals surface area contributed by atoms with Gasteiger partial charge in [-0.3, -0.25) is 9.78 Å². The van der Waals surface area contributed by atoms with E-state index in [4.69, 9.17) is 0 Å². The number of pyridine rings is 1. The molecule has 4 heteroatoms. The number of carbonyl (C=O) groups excluding carboxylic acids is 1. The zero-order chi connectivity index (χ0) is 12.1. The number of carbonyl (C=O) groups is 1. The molecule has 1 N–H and O–H groups in total. The van der Waals surface area contributed by atoms with E-state index in [1.54, 1.807) is 12.4 Å². The van der Waals surface area contributed by atoms with Gasteiger partial charge in [-0.1, -0.05) is 6.92 Å². The predicted octanol–water partition coefficient (Wildman–Crippen LogP) is 2.14. The second-order valence-corrected chi connectivity index (χ2v) is 4.39. The number of nitrogens with one attached hydrogen (secondary N) is 1. The first-order chi connectivity index (χ1) is 8.31. The Kier molecular flexibility index (Phi) is 3.96. The van der Waals surface area contributed by atoms with Crippen molar-refractivity contribution in [1.29, 1.82) is 0 Å². The Hall–Kier alpha value is -1.58. The largest absolute Gasteiger partial charge is 0.384 e. The molecule has 0 bridgehead atoms. The molecule has 0 aliphatic carbocycles. The molecule has 1 aromatic heterocycles. The van der Waals surface area contributed by atoms with E-state index in [1.165, 1.54) is 0 Å². The van der Waals surface area contributed by atoms with Crippen LogP contribution in [0.5, 0.6) is 0 Å². The summed E-state index contributed by atoms with van der Waals surface area (Å²) in [6.45, 7) is 4.78. The van der Waals surface area contributed by atoms with Crippen molar-refractivity contribution in [2.45, 2.75) is 26.2 Å². The van der Waals surface area contributed by atoms with Crippen molar-refractivity contribution in [2.24, 2.45) is 0 Å². The van der Waals surface area contributed by atoms with Gasteiger partial charge in [-0.05, 0) is 25.3 Å². The van der Waals surface area contributed by atoms with E-state index in [1.807, 2.05) is 11.0 Å². The molecule has 1 aromatic rings. The van der Waals surface area contributed by atoms with Crippen LogP contribution in [0.15, 0.2) is 18.5 Å². The summed E-state index contributed by atoms with van der Waals surface area (Å²) in [5, 5.41) is 3.25. The number of likely N-dealkylation sites (tertiary alicyclic amines) is 1. The number of hydrogen-bond acceptors (Lipinski definition) is 3. The molecule has 1 fully saturated rings. The quantitative estimate of drug-likeness (QED) is 0.866. The summed E-state index contributed by atoms with van der Waals surface area (Å²) in [4.78, 5) is 18.2. The number of hydrogen-bond donors (Lipinski definition) is 1. The Balaban J connectivity index is 2.06. The maximum Gasteiger partial charge on any atom is 0.255 e. The summed E-state index contributed by atoms with van der Waals surface area (Å²) >= 11 is 0. The SMILES string of the molecule is CCCNc1cncc(C(=O)N2CCCC2)c1. The number of aromatic nitrogens is 1. The molecule has 0 saturated carbocycles. The van der Waals surface area contributed by atoms with Crippen molar-refractivity contribution in [1.82, 2.24) is 9.88 Å². The van der Waals surface area contributed by atoms with Gasteiger partial charge >= 0.3 is 0 Å². The lowest BCUT2D eigenvalue weighted by Gasteiger charge is -2.15. The normalized spacial score (nSPS) is 15.0. The fraction of sp³-hybridized carbons (Fsp3) is 0.538. The third-order valence-corrected chi connectivity index (χ3v) is 2.96. The van der Waals surface area contributed by atoms with Gasteiger partial charge in [-0.2, -0.15) is 0 Å². The standard InChI is InChI=1S/C13H19N3O/c1-2-5-15-12-8-11(9-14-10-12)13(17)16-6-3-4-7-16/h8-10,15H,2-7H2,1H3. The van der Waals surface area contributed by atoms with Crippen molar-refractivity contribution < 1.29 is 4.79 Å². The molecule has 17 heavy (non-hydrogen) atoms. The molecule has 1 aliphatic heterocycles. The minimum Gasteiger partial charge on any atom is -0.384 e. The highest BCUT2D eigenvalue weighted by Gasteiger charge is 2.19. The second kappa shape index (κ2) is 5.66. The molecule has 1 saturated heterocycles. The average molecular weight is 233 g/mol. The van der Waals surface area contributed by atoms with Crippen LogP contribution in [-0.4, -0.2) is 35.4 Å². The van der Waals surface area contributed by atoms with E-state index < -0.39 is 0 Å². The van der Waals surface area contributed by atoms with Gasteiger partial charge in [0.05, 0.1) is 11.3 Å². The highest BCUT2D eigenvalue weighted by atomic mass is 16.2. The van der Waals surface area contributed by atoms with E-state index in [9.17, 15) is 4.79 Å². The molecule has 1 aliphatic rings. The Morgan fingerprint density at radius 2 is 2.18 bits per heavy atom. The van der Waals surface area contributed by atoms with Crippen LogP contribution in [0, 0.1) is 0 Å². The molecular weight excluding hydrogens is 214 g/mol. The molecule has 4 nitrogen and oxygen atoms in total.